The Kier molecular flexibility index (Phi) is 5.03. The molecule has 1 saturated heterocycles. The van der Waals surface area contributed by atoms with Gasteiger partial charge in [0.2, 0.25) is 10.0 Å². The number of benzene rings is 2. The molecule has 0 spiro atoms. The Bertz CT molecular complexity index is 1200. The van der Waals surface area contributed by atoms with Crippen molar-refractivity contribution in [2.75, 3.05) is 18.5 Å². The molecule has 1 aromatic heterocycles. The van der Waals surface area contributed by atoms with E-state index in [0.717, 1.165) is 35.4 Å². The summed E-state index contributed by atoms with van der Waals surface area (Å²) in [4.78, 5) is 13.9. The molecule has 10 heteroatoms. The van der Waals surface area contributed by atoms with E-state index in [4.69, 9.17) is 0 Å². The maximum atomic E-state index is 12.7. The second kappa shape index (κ2) is 7.64. The maximum Gasteiger partial charge on any atom is 0.295 e. The van der Waals surface area contributed by atoms with Crippen molar-refractivity contribution in [2.24, 2.45) is 5.10 Å². The topological polar surface area (TPSA) is 121 Å². The van der Waals surface area contributed by atoms with Gasteiger partial charge in [0.1, 0.15) is 5.69 Å². The lowest BCUT2D eigenvalue weighted by molar-refractivity contribution is -0.384. The first-order valence-corrected chi connectivity index (χ1v) is 10.5. The molecule has 0 aliphatic carbocycles. The smallest absolute Gasteiger partial charge is 0.295 e. The van der Waals surface area contributed by atoms with Gasteiger partial charge in [0.15, 0.2) is 0 Å². The van der Waals surface area contributed by atoms with Crippen molar-refractivity contribution in [3.63, 3.8) is 0 Å². The fourth-order valence-electron chi connectivity index (χ4n) is 3.37. The van der Waals surface area contributed by atoms with Crippen molar-refractivity contribution in [2.45, 2.75) is 17.7 Å². The van der Waals surface area contributed by atoms with Crippen molar-refractivity contribution in [3.05, 3.63) is 64.3 Å². The summed E-state index contributed by atoms with van der Waals surface area (Å²) in [6.45, 7) is 0.871. The number of rotatable bonds is 6. The quantitative estimate of drug-likeness (QED) is 0.365. The van der Waals surface area contributed by atoms with Gasteiger partial charge in [-0.1, -0.05) is 18.2 Å². The lowest BCUT2D eigenvalue weighted by Crippen LogP contribution is -2.27. The fourth-order valence-corrected chi connectivity index (χ4v) is 4.90. The number of anilines is 1. The second-order valence-corrected chi connectivity index (χ2v) is 8.64. The molecule has 29 heavy (non-hydrogen) atoms. The number of para-hydroxylation sites is 1. The van der Waals surface area contributed by atoms with Crippen LogP contribution >= 0.6 is 0 Å². The summed E-state index contributed by atoms with van der Waals surface area (Å²) in [6.07, 6.45) is 4.93. The molecule has 4 rings (SSSR count). The molecule has 2 heterocycles. The molecular formula is C19H19N5O4S. The molecule has 2 N–H and O–H groups in total. The molecule has 0 saturated carbocycles. The monoisotopic (exact) mass is 413 g/mol. The van der Waals surface area contributed by atoms with Crippen molar-refractivity contribution in [1.29, 1.82) is 0 Å². The molecule has 2 aromatic carbocycles. The average Bonchev–Trinajstić information content (AvgIpc) is 3.39. The summed E-state index contributed by atoms with van der Waals surface area (Å²) in [5.41, 5.74) is 4.20. The summed E-state index contributed by atoms with van der Waals surface area (Å²) < 4.78 is 26.7. The second-order valence-electron chi connectivity index (χ2n) is 6.71. The highest BCUT2D eigenvalue weighted by Crippen LogP contribution is 2.30. The predicted molar refractivity (Wildman–Crippen MR) is 111 cm³/mol. The first-order valence-electron chi connectivity index (χ1n) is 9.10. The van der Waals surface area contributed by atoms with E-state index in [1.807, 2.05) is 24.3 Å². The third-order valence-corrected chi connectivity index (χ3v) is 6.77. The minimum atomic E-state index is -3.73. The van der Waals surface area contributed by atoms with Crippen molar-refractivity contribution >= 4 is 38.5 Å². The molecule has 0 atom stereocenters. The standard InChI is InChI=1S/C19H19N5O4S/c25-24(26)19-11-15(29(27,28)23-9-3-4-10-23)7-8-18(19)22-21-13-14-12-20-17-6-2-1-5-16(14)17/h1-2,5-8,11-13,20,22H,3-4,9-10H2/b21-13+. The normalized spacial score (nSPS) is 15.3. The van der Waals surface area contributed by atoms with E-state index < -0.39 is 14.9 Å². The van der Waals surface area contributed by atoms with Gasteiger partial charge >= 0.3 is 0 Å². The number of fused-ring (bicyclic) bond motifs is 1. The van der Waals surface area contributed by atoms with Crippen LogP contribution in [-0.2, 0) is 10.0 Å². The van der Waals surface area contributed by atoms with E-state index in [1.54, 1.807) is 12.4 Å². The van der Waals surface area contributed by atoms with E-state index in [0.29, 0.717) is 13.1 Å². The summed E-state index contributed by atoms with van der Waals surface area (Å²) >= 11 is 0. The van der Waals surface area contributed by atoms with E-state index in [2.05, 4.69) is 15.5 Å². The summed E-state index contributed by atoms with van der Waals surface area (Å²) in [5, 5.41) is 16.5. The van der Waals surface area contributed by atoms with Crippen LogP contribution in [-0.4, -0.2) is 41.9 Å². The van der Waals surface area contributed by atoms with Gasteiger partial charge in [-0.2, -0.15) is 9.41 Å². The predicted octanol–water partition coefficient (Wildman–Crippen LogP) is 3.31. The number of aromatic amines is 1. The van der Waals surface area contributed by atoms with Crippen LogP contribution in [0.4, 0.5) is 11.4 Å². The van der Waals surface area contributed by atoms with Gasteiger partial charge in [-0.3, -0.25) is 15.5 Å². The number of nitrogens with zero attached hydrogens (tertiary/aromatic N) is 3. The van der Waals surface area contributed by atoms with Crippen molar-refractivity contribution in [1.82, 2.24) is 9.29 Å². The third-order valence-electron chi connectivity index (χ3n) is 4.88. The van der Waals surface area contributed by atoms with Gasteiger partial charge in [-0.25, -0.2) is 8.42 Å². The van der Waals surface area contributed by atoms with Gasteiger partial charge in [0.05, 0.1) is 16.0 Å². The lowest BCUT2D eigenvalue weighted by atomic mass is 10.2. The minimum absolute atomic E-state index is 0.0859. The Hall–Kier alpha value is -3.24. The molecule has 3 aromatic rings. The van der Waals surface area contributed by atoms with Crippen LogP contribution in [0.3, 0.4) is 0 Å². The highest BCUT2D eigenvalue weighted by molar-refractivity contribution is 7.89. The Morgan fingerprint density at radius 2 is 1.93 bits per heavy atom. The highest BCUT2D eigenvalue weighted by Gasteiger charge is 2.29. The lowest BCUT2D eigenvalue weighted by Gasteiger charge is -2.15. The molecule has 0 bridgehead atoms. The van der Waals surface area contributed by atoms with Gasteiger partial charge < -0.3 is 4.98 Å². The van der Waals surface area contributed by atoms with Crippen LogP contribution in [0, 0.1) is 10.1 Å². The fraction of sp³-hybridized carbons (Fsp3) is 0.211. The average molecular weight is 413 g/mol. The summed E-state index contributed by atoms with van der Waals surface area (Å²) in [5.74, 6) is 0. The van der Waals surface area contributed by atoms with Gasteiger partial charge in [0.25, 0.3) is 5.69 Å². The molecule has 0 unspecified atom stereocenters. The van der Waals surface area contributed by atoms with Crippen LogP contribution in [0.1, 0.15) is 18.4 Å². The van der Waals surface area contributed by atoms with Crippen LogP contribution in [0.5, 0.6) is 0 Å². The van der Waals surface area contributed by atoms with Crippen LogP contribution in [0.25, 0.3) is 10.9 Å². The number of H-pyrrole nitrogens is 1. The number of nitrogens with one attached hydrogen (secondary N) is 2. The van der Waals surface area contributed by atoms with Crippen molar-refractivity contribution in [3.8, 4) is 0 Å². The third kappa shape index (κ3) is 3.71. The number of hydrazone groups is 1. The largest absolute Gasteiger partial charge is 0.361 e. The number of hydrogen-bond acceptors (Lipinski definition) is 6. The molecule has 1 fully saturated rings. The summed E-state index contributed by atoms with van der Waals surface area (Å²) in [7, 11) is -3.73. The molecule has 9 nitrogen and oxygen atoms in total. The van der Waals surface area contributed by atoms with Crippen LogP contribution < -0.4 is 5.43 Å². The SMILES string of the molecule is O=[N+]([O-])c1cc(S(=O)(=O)N2CCCC2)ccc1N/N=C/c1c[nH]c2ccccc12. The van der Waals surface area contributed by atoms with Gasteiger partial charge in [-0.15, -0.1) is 0 Å². The van der Waals surface area contributed by atoms with Crippen LogP contribution in [0.15, 0.2) is 58.7 Å². The molecule has 1 aliphatic rings. The maximum absolute atomic E-state index is 12.7. The van der Waals surface area contributed by atoms with Gasteiger partial charge in [-0.05, 0) is 31.0 Å². The van der Waals surface area contributed by atoms with E-state index in [9.17, 15) is 18.5 Å². The number of nitro benzene ring substituents is 1. The molecule has 0 radical (unpaired) electrons. The van der Waals surface area contributed by atoms with Crippen molar-refractivity contribution < 1.29 is 13.3 Å². The highest BCUT2D eigenvalue weighted by atomic mass is 32.2. The molecule has 0 amide bonds. The van der Waals surface area contributed by atoms with E-state index >= 15 is 0 Å². The molecule has 1 aliphatic heterocycles. The first kappa shape index (κ1) is 19.1. The zero-order chi connectivity index (χ0) is 20.4. The van der Waals surface area contributed by atoms with E-state index in [-0.39, 0.29) is 16.3 Å². The minimum Gasteiger partial charge on any atom is -0.361 e. The van der Waals surface area contributed by atoms with Gasteiger partial charge in [0, 0.05) is 41.8 Å². The zero-order valence-electron chi connectivity index (χ0n) is 15.4. The molecular weight excluding hydrogens is 394 g/mol. The van der Waals surface area contributed by atoms with Crippen LogP contribution in [0.2, 0.25) is 0 Å². The van der Waals surface area contributed by atoms with E-state index in [1.165, 1.54) is 16.4 Å². The molecule has 150 valence electrons. The first-order chi connectivity index (χ1) is 14.0. The number of aromatic nitrogens is 1. The zero-order valence-corrected chi connectivity index (χ0v) is 16.2. The number of nitro groups is 1. The Labute approximate surface area is 167 Å². The Morgan fingerprint density at radius 1 is 1.17 bits per heavy atom. The Balaban J connectivity index is 1.59. The summed E-state index contributed by atoms with van der Waals surface area (Å²) in [6, 6.07) is 11.5. The number of hydrogen-bond donors (Lipinski definition) is 2. The Morgan fingerprint density at radius 3 is 2.69 bits per heavy atom. The number of sulfonamides is 1.